The van der Waals surface area contributed by atoms with Gasteiger partial charge in [0.25, 0.3) is 0 Å². The number of methoxy groups -OCH3 is 2. The van der Waals surface area contributed by atoms with Crippen molar-refractivity contribution in [2.75, 3.05) is 24.0 Å². The van der Waals surface area contributed by atoms with Crippen molar-refractivity contribution in [1.82, 2.24) is 0 Å². The number of anilines is 6. The molecule has 0 aliphatic carbocycles. The molecular formula is C54H44N2O2. The summed E-state index contributed by atoms with van der Waals surface area (Å²) in [4.78, 5) is 4.88. The average Bonchev–Trinajstić information content (AvgIpc) is 3.29. The standard InChI is InChI=1S/C54H44N2O2/c1-37-13-25-43(26-14-37)55(45-29-17-39(18-30-45)41-21-33-47(57-3)34-22-41)53-51-11-7-5-9-49(51)50-10-6-8-12-52(50)54(53)56(44-27-15-38(2)16-28-44)46-31-19-40(20-32-46)42-23-35-48(58-4)36-24-42/h5-36H,1-4H3. The van der Waals surface area contributed by atoms with Gasteiger partial charge in [-0.3, -0.25) is 0 Å². The maximum absolute atomic E-state index is 5.45. The summed E-state index contributed by atoms with van der Waals surface area (Å²) in [6.45, 7) is 4.28. The summed E-state index contributed by atoms with van der Waals surface area (Å²) in [6.07, 6.45) is 0. The second kappa shape index (κ2) is 15.7. The fourth-order valence-electron chi connectivity index (χ4n) is 7.93. The lowest BCUT2D eigenvalue weighted by Crippen LogP contribution is -2.18. The van der Waals surface area contributed by atoms with Gasteiger partial charge in [0, 0.05) is 33.5 Å². The minimum atomic E-state index is 0.843. The first-order valence-corrected chi connectivity index (χ1v) is 19.6. The summed E-state index contributed by atoms with van der Waals surface area (Å²) in [6, 6.07) is 69.8. The molecule has 4 nitrogen and oxygen atoms in total. The molecule has 58 heavy (non-hydrogen) atoms. The Morgan fingerprint density at radius 3 is 0.845 bits per heavy atom. The van der Waals surface area contributed by atoms with Crippen LogP contribution in [0.15, 0.2) is 194 Å². The Balaban J connectivity index is 1.32. The lowest BCUT2D eigenvalue weighted by atomic mass is 9.95. The smallest absolute Gasteiger partial charge is 0.118 e. The quantitative estimate of drug-likeness (QED) is 0.103. The van der Waals surface area contributed by atoms with E-state index in [1.165, 1.54) is 21.9 Å². The lowest BCUT2D eigenvalue weighted by molar-refractivity contribution is 0.415. The minimum Gasteiger partial charge on any atom is -0.497 e. The van der Waals surface area contributed by atoms with Crippen LogP contribution in [0, 0.1) is 13.8 Å². The Hall–Kier alpha value is -7.30. The van der Waals surface area contributed by atoms with Crippen molar-refractivity contribution >= 4 is 55.7 Å². The molecule has 0 saturated carbocycles. The third-order valence-corrected chi connectivity index (χ3v) is 11.0. The van der Waals surface area contributed by atoms with Gasteiger partial charge in [-0.15, -0.1) is 0 Å². The van der Waals surface area contributed by atoms with Crippen LogP contribution in [0.4, 0.5) is 34.1 Å². The highest BCUT2D eigenvalue weighted by Crippen LogP contribution is 2.53. The summed E-state index contributed by atoms with van der Waals surface area (Å²) in [5.41, 5.74) is 13.4. The SMILES string of the molecule is COc1ccc(-c2ccc(N(c3ccc(C)cc3)c3c(N(c4ccc(C)cc4)c4ccc(-c5ccc(OC)cc5)cc4)c4ccccc4c4ccccc34)cc2)cc1. The topological polar surface area (TPSA) is 24.9 Å². The zero-order valence-corrected chi connectivity index (χ0v) is 33.2. The van der Waals surface area contributed by atoms with E-state index in [9.17, 15) is 0 Å². The number of hydrogen-bond acceptors (Lipinski definition) is 4. The van der Waals surface area contributed by atoms with E-state index in [0.29, 0.717) is 0 Å². The molecule has 0 aromatic heterocycles. The molecule has 282 valence electrons. The van der Waals surface area contributed by atoms with Crippen LogP contribution in [0.1, 0.15) is 11.1 Å². The molecule has 9 rings (SSSR count). The van der Waals surface area contributed by atoms with Crippen molar-refractivity contribution in [2.45, 2.75) is 13.8 Å². The largest absolute Gasteiger partial charge is 0.497 e. The Morgan fingerprint density at radius 2 is 0.552 bits per heavy atom. The molecule has 0 aliphatic rings. The second-order valence-electron chi connectivity index (χ2n) is 14.7. The first kappa shape index (κ1) is 36.3. The van der Waals surface area contributed by atoms with E-state index in [1.54, 1.807) is 14.2 Å². The summed E-state index contributed by atoms with van der Waals surface area (Å²) in [7, 11) is 3.40. The fraction of sp³-hybridized carbons (Fsp3) is 0.0741. The van der Waals surface area contributed by atoms with Gasteiger partial charge in [-0.1, -0.05) is 132 Å². The molecule has 0 N–H and O–H groups in total. The highest BCUT2D eigenvalue weighted by molar-refractivity contribution is 6.23. The van der Waals surface area contributed by atoms with Crippen molar-refractivity contribution in [3.8, 4) is 33.8 Å². The molecule has 0 heterocycles. The Morgan fingerprint density at radius 1 is 0.293 bits per heavy atom. The van der Waals surface area contributed by atoms with Crippen molar-refractivity contribution in [2.24, 2.45) is 0 Å². The van der Waals surface area contributed by atoms with E-state index >= 15 is 0 Å². The number of aryl methyl sites for hydroxylation is 2. The summed E-state index contributed by atoms with van der Waals surface area (Å²) in [5.74, 6) is 1.69. The van der Waals surface area contributed by atoms with E-state index in [2.05, 4.69) is 194 Å². The van der Waals surface area contributed by atoms with Crippen molar-refractivity contribution in [1.29, 1.82) is 0 Å². The predicted octanol–water partition coefficient (Wildman–Crippen LogP) is 14.9. The van der Waals surface area contributed by atoms with Crippen LogP contribution in [0.3, 0.4) is 0 Å². The van der Waals surface area contributed by atoms with Gasteiger partial charge in [0.05, 0.1) is 25.6 Å². The third-order valence-electron chi connectivity index (χ3n) is 11.0. The maximum atomic E-state index is 5.45. The van der Waals surface area contributed by atoms with Crippen LogP contribution in [0.5, 0.6) is 11.5 Å². The van der Waals surface area contributed by atoms with E-state index < -0.39 is 0 Å². The van der Waals surface area contributed by atoms with Crippen LogP contribution in [-0.2, 0) is 0 Å². The van der Waals surface area contributed by atoms with Crippen molar-refractivity contribution in [3.63, 3.8) is 0 Å². The Kier molecular flexibility index (Phi) is 9.83. The number of rotatable bonds is 10. The van der Waals surface area contributed by atoms with Gasteiger partial charge >= 0.3 is 0 Å². The molecule has 0 atom stereocenters. The van der Waals surface area contributed by atoms with Crippen LogP contribution < -0.4 is 19.3 Å². The predicted molar refractivity (Wildman–Crippen MR) is 244 cm³/mol. The molecule has 0 aliphatic heterocycles. The first-order valence-electron chi connectivity index (χ1n) is 19.6. The van der Waals surface area contributed by atoms with Gasteiger partial charge in [-0.2, -0.15) is 0 Å². The molecule has 0 saturated heterocycles. The van der Waals surface area contributed by atoms with Crippen LogP contribution in [-0.4, -0.2) is 14.2 Å². The summed E-state index contributed by atoms with van der Waals surface area (Å²) < 4.78 is 10.9. The molecule has 9 aromatic rings. The molecule has 4 heteroatoms. The Labute approximate surface area is 340 Å². The normalized spacial score (nSPS) is 11.1. The van der Waals surface area contributed by atoms with E-state index in [0.717, 1.165) is 78.6 Å². The zero-order chi connectivity index (χ0) is 39.6. The first-order chi connectivity index (χ1) is 28.5. The van der Waals surface area contributed by atoms with Crippen molar-refractivity contribution < 1.29 is 9.47 Å². The van der Waals surface area contributed by atoms with Crippen LogP contribution in [0.25, 0.3) is 43.8 Å². The molecule has 0 fully saturated rings. The highest BCUT2D eigenvalue weighted by atomic mass is 16.5. The maximum Gasteiger partial charge on any atom is 0.118 e. The van der Waals surface area contributed by atoms with Gasteiger partial charge in [-0.05, 0) is 120 Å². The minimum absolute atomic E-state index is 0.843. The molecule has 0 radical (unpaired) electrons. The third kappa shape index (κ3) is 6.90. The Bertz CT molecular complexity index is 2630. The van der Waals surface area contributed by atoms with Gasteiger partial charge in [-0.25, -0.2) is 0 Å². The second-order valence-corrected chi connectivity index (χ2v) is 14.7. The van der Waals surface area contributed by atoms with Gasteiger partial charge in [0.15, 0.2) is 0 Å². The zero-order valence-electron chi connectivity index (χ0n) is 33.2. The summed E-state index contributed by atoms with van der Waals surface area (Å²) >= 11 is 0. The number of benzene rings is 9. The van der Waals surface area contributed by atoms with Gasteiger partial charge in [0.1, 0.15) is 11.5 Å². The van der Waals surface area contributed by atoms with Crippen LogP contribution >= 0.6 is 0 Å². The van der Waals surface area contributed by atoms with Gasteiger partial charge in [0.2, 0.25) is 0 Å². The van der Waals surface area contributed by atoms with Crippen molar-refractivity contribution in [3.05, 3.63) is 205 Å². The monoisotopic (exact) mass is 752 g/mol. The lowest BCUT2D eigenvalue weighted by Gasteiger charge is -2.35. The van der Waals surface area contributed by atoms with E-state index in [-0.39, 0.29) is 0 Å². The summed E-state index contributed by atoms with van der Waals surface area (Å²) in [5, 5.41) is 4.70. The molecular weight excluding hydrogens is 709 g/mol. The number of hydrogen-bond donors (Lipinski definition) is 0. The van der Waals surface area contributed by atoms with E-state index in [4.69, 9.17) is 9.47 Å². The average molecular weight is 753 g/mol. The number of fused-ring (bicyclic) bond motifs is 3. The molecule has 0 unspecified atom stereocenters. The molecule has 0 spiro atoms. The van der Waals surface area contributed by atoms with Gasteiger partial charge < -0.3 is 19.3 Å². The highest BCUT2D eigenvalue weighted by Gasteiger charge is 2.27. The number of nitrogens with zero attached hydrogens (tertiary/aromatic N) is 2. The fourth-order valence-corrected chi connectivity index (χ4v) is 7.93. The van der Waals surface area contributed by atoms with Crippen LogP contribution in [0.2, 0.25) is 0 Å². The molecule has 9 aromatic carbocycles. The molecule has 0 bridgehead atoms. The van der Waals surface area contributed by atoms with E-state index in [1.807, 2.05) is 24.3 Å². The molecule has 0 amide bonds. The number of ether oxygens (including phenoxy) is 2.